The van der Waals surface area contributed by atoms with Crippen LogP contribution in [0.3, 0.4) is 0 Å². The van der Waals surface area contributed by atoms with Crippen LogP contribution in [-0.2, 0) is 11.3 Å². The number of nitrogens with one attached hydrogen (secondary N) is 1. The number of carbonyl (C=O) groups excluding carboxylic acids is 1. The summed E-state index contributed by atoms with van der Waals surface area (Å²) in [5.74, 6) is 1.02. The van der Waals surface area contributed by atoms with E-state index in [0.717, 1.165) is 12.0 Å². The number of rotatable bonds is 8. The van der Waals surface area contributed by atoms with E-state index >= 15 is 0 Å². The van der Waals surface area contributed by atoms with Crippen molar-refractivity contribution in [1.82, 2.24) is 5.32 Å². The minimum Gasteiger partial charge on any atom is -0.490 e. The Morgan fingerprint density at radius 2 is 2.05 bits per heavy atom. The lowest BCUT2D eigenvalue weighted by atomic mass is 10.2. The van der Waals surface area contributed by atoms with Crippen LogP contribution in [0.1, 0.15) is 39.7 Å². The van der Waals surface area contributed by atoms with Gasteiger partial charge in [0.25, 0.3) is 5.91 Å². The summed E-state index contributed by atoms with van der Waals surface area (Å²) in [7, 11) is 0. The van der Waals surface area contributed by atoms with Gasteiger partial charge in [0, 0.05) is 18.2 Å². The van der Waals surface area contributed by atoms with E-state index in [-0.39, 0.29) is 11.9 Å². The van der Waals surface area contributed by atoms with Crippen LogP contribution in [0.5, 0.6) is 11.5 Å². The van der Waals surface area contributed by atoms with Crippen LogP contribution in [-0.4, -0.2) is 24.7 Å². The summed E-state index contributed by atoms with van der Waals surface area (Å²) in [5, 5.41) is 2.90. The summed E-state index contributed by atoms with van der Waals surface area (Å²) >= 11 is 0. The predicted molar refractivity (Wildman–Crippen MR) is 83.5 cm³/mol. The third-order valence-electron chi connectivity index (χ3n) is 3.25. The maximum atomic E-state index is 12.1. The molecule has 2 atom stereocenters. The van der Waals surface area contributed by atoms with Crippen molar-refractivity contribution in [3.63, 3.8) is 0 Å². The third-order valence-corrected chi connectivity index (χ3v) is 3.25. The molecular formula is C16H26N2O3. The van der Waals surface area contributed by atoms with E-state index in [1.165, 1.54) is 0 Å². The van der Waals surface area contributed by atoms with E-state index in [0.29, 0.717) is 24.7 Å². The Kier molecular flexibility index (Phi) is 7.02. The summed E-state index contributed by atoms with van der Waals surface area (Å²) in [6, 6.07) is 5.68. The molecule has 0 aliphatic rings. The Morgan fingerprint density at radius 1 is 1.33 bits per heavy atom. The first-order valence-corrected chi connectivity index (χ1v) is 7.45. The van der Waals surface area contributed by atoms with Gasteiger partial charge in [-0.15, -0.1) is 0 Å². The zero-order chi connectivity index (χ0) is 15.8. The lowest BCUT2D eigenvalue weighted by molar-refractivity contribution is -0.127. The van der Waals surface area contributed by atoms with Gasteiger partial charge in [-0.3, -0.25) is 4.79 Å². The molecule has 0 saturated heterocycles. The molecule has 0 aliphatic carbocycles. The van der Waals surface area contributed by atoms with Crippen molar-refractivity contribution in [2.45, 2.75) is 52.8 Å². The number of nitrogens with two attached hydrogens (primary N) is 1. The second-order valence-electron chi connectivity index (χ2n) is 4.96. The van der Waals surface area contributed by atoms with Crippen LogP contribution in [0.2, 0.25) is 0 Å². The molecule has 5 nitrogen and oxygen atoms in total. The van der Waals surface area contributed by atoms with E-state index in [9.17, 15) is 4.79 Å². The topological polar surface area (TPSA) is 73.6 Å². The zero-order valence-corrected chi connectivity index (χ0v) is 13.3. The molecule has 3 N–H and O–H groups in total. The van der Waals surface area contributed by atoms with E-state index in [4.69, 9.17) is 15.2 Å². The quantitative estimate of drug-likeness (QED) is 0.771. The molecule has 0 fully saturated rings. The van der Waals surface area contributed by atoms with Gasteiger partial charge in [0.05, 0.1) is 6.61 Å². The molecule has 0 bridgehead atoms. The third kappa shape index (κ3) is 4.93. The van der Waals surface area contributed by atoms with Gasteiger partial charge in [0.15, 0.2) is 17.6 Å². The molecule has 1 aromatic carbocycles. The lowest BCUT2D eigenvalue weighted by Crippen LogP contribution is -2.41. The Morgan fingerprint density at radius 3 is 2.62 bits per heavy atom. The molecule has 1 aromatic rings. The van der Waals surface area contributed by atoms with Crippen molar-refractivity contribution in [2.24, 2.45) is 5.73 Å². The normalized spacial score (nSPS) is 13.4. The number of carbonyl (C=O) groups is 1. The number of amides is 1. The molecule has 1 amide bonds. The fraction of sp³-hybridized carbons (Fsp3) is 0.562. The molecule has 0 radical (unpaired) electrons. The monoisotopic (exact) mass is 294 g/mol. The van der Waals surface area contributed by atoms with E-state index in [1.807, 2.05) is 39.0 Å². The number of ether oxygens (including phenoxy) is 2. The van der Waals surface area contributed by atoms with Gasteiger partial charge < -0.3 is 20.5 Å². The van der Waals surface area contributed by atoms with Crippen LogP contribution in [0.15, 0.2) is 18.2 Å². The Balaban J connectivity index is 2.87. The fourth-order valence-corrected chi connectivity index (χ4v) is 1.82. The summed E-state index contributed by atoms with van der Waals surface area (Å²) in [4.78, 5) is 12.1. The average molecular weight is 294 g/mol. The molecule has 1 rings (SSSR count). The van der Waals surface area contributed by atoms with Crippen LogP contribution in [0.4, 0.5) is 0 Å². The standard InChI is InChI=1S/C16H26N2O3/c1-5-11(3)18-16(19)12(4)21-15-13(10-17)8-7-9-14(15)20-6-2/h7-9,11-12H,5-6,10,17H2,1-4H3,(H,18,19). The van der Waals surface area contributed by atoms with Crippen LogP contribution < -0.4 is 20.5 Å². The van der Waals surface area contributed by atoms with Gasteiger partial charge in [-0.25, -0.2) is 0 Å². The Labute approximate surface area is 126 Å². The molecule has 0 aliphatic heterocycles. The Bertz CT molecular complexity index is 463. The highest BCUT2D eigenvalue weighted by molar-refractivity contribution is 5.81. The molecule has 2 unspecified atom stereocenters. The maximum absolute atomic E-state index is 12.1. The van der Waals surface area contributed by atoms with E-state index in [1.54, 1.807) is 6.92 Å². The van der Waals surface area contributed by atoms with Gasteiger partial charge in [-0.1, -0.05) is 19.1 Å². The second-order valence-corrected chi connectivity index (χ2v) is 4.96. The zero-order valence-electron chi connectivity index (χ0n) is 13.3. The molecule has 0 saturated carbocycles. The van der Waals surface area contributed by atoms with E-state index < -0.39 is 6.10 Å². The molecule has 0 heterocycles. The van der Waals surface area contributed by atoms with Crippen molar-refractivity contribution in [3.05, 3.63) is 23.8 Å². The molecule has 5 heteroatoms. The van der Waals surface area contributed by atoms with Crippen LogP contribution >= 0.6 is 0 Å². The van der Waals surface area contributed by atoms with Crippen molar-refractivity contribution >= 4 is 5.91 Å². The first-order valence-electron chi connectivity index (χ1n) is 7.45. The first-order chi connectivity index (χ1) is 10.0. The average Bonchev–Trinajstić information content (AvgIpc) is 2.48. The van der Waals surface area contributed by atoms with Gasteiger partial charge in [-0.05, 0) is 33.3 Å². The largest absolute Gasteiger partial charge is 0.490 e. The number of hydrogen-bond acceptors (Lipinski definition) is 4. The van der Waals surface area contributed by atoms with E-state index in [2.05, 4.69) is 5.32 Å². The summed E-state index contributed by atoms with van der Waals surface area (Å²) < 4.78 is 11.4. The van der Waals surface area contributed by atoms with Crippen molar-refractivity contribution in [1.29, 1.82) is 0 Å². The SMILES string of the molecule is CCOc1cccc(CN)c1OC(C)C(=O)NC(C)CC. The summed E-state index contributed by atoms with van der Waals surface area (Å²) in [5.41, 5.74) is 6.56. The van der Waals surface area contributed by atoms with Crippen LogP contribution in [0, 0.1) is 0 Å². The number of benzene rings is 1. The summed E-state index contributed by atoms with van der Waals surface area (Å²) in [6.45, 7) is 8.46. The molecule has 0 spiro atoms. The predicted octanol–water partition coefficient (Wildman–Crippen LogP) is 2.23. The highest BCUT2D eigenvalue weighted by Crippen LogP contribution is 2.32. The highest BCUT2D eigenvalue weighted by Gasteiger charge is 2.20. The van der Waals surface area contributed by atoms with Gasteiger partial charge in [-0.2, -0.15) is 0 Å². The second kappa shape index (κ2) is 8.52. The van der Waals surface area contributed by atoms with Crippen LogP contribution in [0.25, 0.3) is 0 Å². The minimum atomic E-state index is -0.606. The Hall–Kier alpha value is -1.75. The summed E-state index contributed by atoms with van der Waals surface area (Å²) in [6.07, 6.45) is 0.271. The minimum absolute atomic E-state index is 0.125. The molecular weight excluding hydrogens is 268 g/mol. The molecule has 118 valence electrons. The van der Waals surface area contributed by atoms with Gasteiger partial charge in [0.1, 0.15) is 0 Å². The number of para-hydroxylation sites is 1. The van der Waals surface area contributed by atoms with Gasteiger partial charge in [0.2, 0.25) is 0 Å². The highest BCUT2D eigenvalue weighted by atomic mass is 16.5. The molecule has 21 heavy (non-hydrogen) atoms. The fourth-order valence-electron chi connectivity index (χ4n) is 1.82. The first kappa shape index (κ1) is 17.3. The lowest BCUT2D eigenvalue weighted by Gasteiger charge is -2.21. The molecule has 0 aromatic heterocycles. The van der Waals surface area contributed by atoms with Crippen molar-refractivity contribution in [3.8, 4) is 11.5 Å². The number of hydrogen-bond donors (Lipinski definition) is 2. The maximum Gasteiger partial charge on any atom is 0.260 e. The van der Waals surface area contributed by atoms with Crippen molar-refractivity contribution in [2.75, 3.05) is 6.61 Å². The van der Waals surface area contributed by atoms with Gasteiger partial charge >= 0.3 is 0 Å². The van der Waals surface area contributed by atoms with Crippen molar-refractivity contribution < 1.29 is 14.3 Å². The smallest absolute Gasteiger partial charge is 0.260 e.